The average Bonchev–Trinajstić information content (AvgIpc) is 3.10. The van der Waals surface area contributed by atoms with Crippen LogP contribution in [0.2, 0.25) is 0 Å². The van der Waals surface area contributed by atoms with Crippen LogP contribution >= 0.6 is 0 Å². The lowest BCUT2D eigenvalue weighted by atomic mass is 10.1. The van der Waals surface area contributed by atoms with E-state index in [4.69, 9.17) is 15.1 Å². The Morgan fingerprint density at radius 3 is 2.88 bits per heavy atom. The van der Waals surface area contributed by atoms with Gasteiger partial charge in [-0.25, -0.2) is 4.98 Å². The molecule has 2 aromatic rings. The Balaban J connectivity index is 0.00000100. The minimum Gasteiger partial charge on any atom is -0.377 e. The number of aromatic amines is 1. The number of H-pyrrole nitrogens is 1. The summed E-state index contributed by atoms with van der Waals surface area (Å²) in [6.07, 6.45) is 3.00. The van der Waals surface area contributed by atoms with Crippen molar-refractivity contribution in [1.29, 1.82) is 5.41 Å². The molecule has 1 aliphatic heterocycles. The van der Waals surface area contributed by atoms with Crippen LogP contribution in [0.3, 0.4) is 0 Å². The zero-order valence-electron chi connectivity index (χ0n) is 14.8. The second-order valence-corrected chi connectivity index (χ2v) is 5.42. The van der Waals surface area contributed by atoms with Gasteiger partial charge >= 0.3 is 0 Å². The molecule has 24 heavy (non-hydrogen) atoms. The van der Waals surface area contributed by atoms with Crippen LogP contribution < -0.4 is 10.2 Å². The van der Waals surface area contributed by atoms with E-state index in [9.17, 15) is 0 Å². The monoisotopic (exact) mass is 330 g/mol. The molecule has 0 spiro atoms. The number of nitrogens with zero attached hydrogens (tertiary/aromatic N) is 3. The van der Waals surface area contributed by atoms with Gasteiger partial charge in [0.1, 0.15) is 17.5 Å². The molecule has 0 unspecified atom stereocenters. The Morgan fingerprint density at radius 1 is 1.46 bits per heavy atom. The highest BCUT2D eigenvalue weighted by atomic mass is 16.5. The van der Waals surface area contributed by atoms with Gasteiger partial charge in [-0.3, -0.25) is 5.10 Å². The number of aromatic nitrogens is 3. The van der Waals surface area contributed by atoms with E-state index in [2.05, 4.69) is 27.3 Å². The fourth-order valence-electron chi connectivity index (χ4n) is 2.61. The van der Waals surface area contributed by atoms with Crippen molar-refractivity contribution in [1.82, 2.24) is 15.2 Å². The minimum atomic E-state index is 0.284. The molecule has 1 aliphatic rings. The molecule has 3 heterocycles. The number of ether oxygens (including phenoxy) is 1. The summed E-state index contributed by atoms with van der Waals surface area (Å²) in [5.41, 5.74) is 1.79. The highest BCUT2D eigenvalue weighted by Crippen LogP contribution is 2.26. The quantitative estimate of drug-likeness (QED) is 0.750. The smallest absolute Gasteiger partial charge is 0.143 e. The second-order valence-electron chi connectivity index (χ2n) is 5.42. The van der Waals surface area contributed by atoms with Crippen molar-refractivity contribution in [3.8, 4) is 0 Å². The van der Waals surface area contributed by atoms with Gasteiger partial charge in [-0.2, -0.15) is 5.10 Å². The summed E-state index contributed by atoms with van der Waals surface area (Å²) in [6, 6.07) is 4.14. The number of aryl methyl sites for hydroxylation is 1. The molecule has 7 nitrogen and oxygen atoms in total. The fraction of sp³-hybridized carbons (Fsp3) is 0.471. The topological polar surface area (TPSA) is 89.9 Å². The molecular weight excluding hydrogens is 304 g/mol. The van der Waals surface area contributed by atoms with Crippen molar-refractivity contribution in [3.63, 3.8) is 0 Å². The maximum atomic E-state index is 7.64. The van der Waals surface area contributed by atoms with Crippen molar-refractivity contribution in [2.45, 2.75) is 33.7 Å². The SMILES string of the molecule is CC.Cc1cc(N2CCOC[C@H]2C)nc(Nc2ccn[nH]2)c1C=N. The summed E-state index contributed by atoms with van der Waals surface area (Å²) >= 11 is 0. The summed E-state index contributed by atoms with van der Waals surface area (Å²) in [4.78, 5) is 6.95. The molecule has 0 amide bonds. The standard InChI is InChI=1S/C15H20N6O.C2H6/c1-10-7-14(21-5-6-22-9-11(21)2)19-15(12(10)8-16)18-13-3-4-17-20-13;1-2/h3-4,7-8,11,16H,5-6,9H2,1-2H3,(H2,17,18,19,20);1-2H3/t11-;/m1./s1. The zero-order valence-corrected chi connectivity index (χ0v) is 14.8. The molecule has 0 aromatic carbocycles. The predicted molar refractivity (Wildman–Crippen MR) is 97.7 cm³/mol. The summed E-state index contributed by atoms with van der Waals surface area (Å²) in [7, 11) is 0. The molecule has 3 rings (SSSR count). The maximum Gasteiger partial charge on any atom is 0.143 e. The van der Waals surface area contributed by atoms with Gasteiger partial charge in [0.05, 0.1) is 25.5 Å². The van der Waals surface area contributed by atoms with Gasteiger partial charge in [0.15, 0.2) is 0 Å². The van der Waals surface area contributed by atoms with Crippen molar-refractivity contribution < 1.29 is 4.74 Å². The van der Waals surface area contributed by atoms with Gasteiger partial charge in [0.2, 0.25) is 0 Å². The third kappa shape index (κ3) is 3.91. The number of morpholine rings is 1. The summed E-state index contributed by atoms with van der Waals surface area (Å²) in [5.74, 6) is 2.32. The normalized spacial score (nSPS) is 17.0. The van der Waals surface area contributed by atoms with Crippen molar-refractivity contribution in [3.05, 3.63) is 29.5 Å². The molecule has 0 bridgehead atoms. The Bertz CT molecular complexity index is 655. The largest absolute Gasteiger partial charge is 0.377 e. The van der Waals surface area contributed by atoms with Crippen LogP contribution in [0.5, 0.6) is 0 Å². The molecule has 2 aromatic heterocycles. The first-order valence-electron chi connectivity index (χ1n) is 8.32. The Morgan fingerprint density at radius 2 is 2.25 bits per heavy atom. The lowest BCUT2D eigenvalue weighted by Crippen LogP contribution is -2.44. The van der Waals surface area contributed by atoms with Crippen LogP contribution in [0.4, 0.5) is 17.5 Å². The van der Waals surface area contributed by atoms with E-state index >= 15 is 0 Å². The lowest BCUT2D eigenvalue weighted by molar-refractivity contribution is 0.0985. The molecule has 3 N–H and O–H groups in total. The summed E-state index contributed by atoms with van der Waals surface area (Å²) < 4.78 is 5.49. The molecule has 0 aliphatic carbocycles. The van der Waals surface area contributed by atoms with E-state index < -0.39 is 0 Å². The van der Waals surface area contributed by atoms with E-state index in [0.29, 0.717) is 19.0 Å². The summed E-state index contributed by atoms with van der Waals surface area (Å²) in [6.45, 7) is 10.4. The van der Waals surface area contributed by atoms with Crippen LogP contribution in [-0.2, 0) is 4.74 Å². The van der Waals surface area contributed by atoms with Gasteiger partial charge < -0.3 is 20.4 Å². The van der Waals surface area contributed by atoms with E-state index in [1.807, 2.05) is 32.9 Å². The molecule has 1 saturated heterocycles. The maximum absolute atomic E-state index is 7.64. The van der Waals surface area contributed by atoms with Gasteiger partial charge in [-0.1, -0.05) is 13.8 Å². The average molecular weight is 330 g/mol. The number of hydrogen-bond acceptors (Lipinski definition) is 6. The molecule has 7 heteroatoms. The van der Waals surface area contributed by atoms with Gasteiger partial charge in [-0.05, 0) is 25.5 Å². The molecule has 130 valence electrons. The van der Waals surface area contributed by atoms with Crippen LogP contribution in [0.1, 0.15) is 31.9 Å². The van der Waals surface area contributed by atoms with Gasteiger partial charge in [-0.15, -0.1) is 0 Å². The number of pyridine rings is 1. The lowest BCUT2D eigenvalue weighted by Gasteiger charge is -2.34. The van der Waals surface area contributed by atoms with E-state index in [1.54, 1.807) is 6.20 Å². The number of hydrogen-bond donors (Lipinski definition) is 3. The van der Waals surface area contributed by atoms with Crippen LogP contribution in [0.25, 0.3) is 0 Å². The zero-order chi connectivity index (χ0) is 17.5. The van der Waals surface area contributed by atoms with E-state index in [1.165, 1.54) is 6.21 Å². The first-order chi connectivity index (χ1) is 11.7. The molecule has 1 fully saturated rings. The Hall–Kier alpha value is -2.41. The predicted octanol–water partition coefficient (Wildman–Crippen LogP) is 3.11. The van der Waals surface area contributed by atoms with Crippen LogP contribution in [-0.4, -0.2) is 47.2 Å². The second kappa shape index (κ2) is 8.44. The highest BCUT2D eigenvalue weighted by molar-refractivity contribution is 5.88. The summed E-state index contributed by atoms with van der Waals surface area (Å²) in [5, 5.41) is 17.6. The Labute approximate surface area is 142 Å². The van der Waals surface area contributed by atoms with E-state index in [-0.39, 0.29) is 6.04 Å². The number of nitrogens with one attached hydrogen (secondary N) is 3. The van der Waals surface area contributed by atoms with Gasteiger partial charge in [0.25, 0.3) is 0 Å². The van der Waals surface area contributed by atoms with Crippen molar-refractivity contribution in [2.24, 2.45) is 0 Å². The van der Waals surface area contributed by atoms with Gasteiger partial charge in [0, 0.05) is 24.4 Å². The fourth-order valence-corrected chi connectivity index (χ4v) is 2.61. The Kier molecular flexibility index (Phi) is 6.31. The number of anilines is 3. The molecule has 0 saturated carbocycles. The van der Waals surface area contributed by atoms with Crippen molar-refractivity contribution in [2.75, 3.05) is 30.0 Å². The first kappa shape index (κ1) is 17.9. The number of rotatable bonds is 4. The minimum absolute atomic E-state index is 0.284. The molecule has 1 atom stereocenters. The van der Waals surface area contributed by atoms with Crippen molar-refractivity contribution >= 4 is 23.7 Å². The van der Waals surface area contributed by atoms with E-state index in [0.717, 1.165) is 29.3 Å². The molecular formula is C17H26N6O. The van der Waals surface area contributed by atoms with Crippen LogP contribution in [0.15, 0.2) is 18.3 Å². The third-order valence-electron chi connectivity index (χ3n) is 3.81. The highest BCUT2D eigenvalue weighted by Gasteiger charge is 2.22. The molecule has 0 radical (unpaired) electrons. The van der Waals surface area contributed by atoms with Crippen LogP contribution in [0, 0.1) is 12.3 Å². The first-order valence-corrected chi connectivity index (χ1v) is 8.32. The third-order valence-corrected chi connectivity index (χ3v) is 3.81.